The highest BCUT2D eigenvalue weighted by molar-refractivity contribution is 4.89. The van der Waals surface area contributed by atoms with Gasteiger partial charge in [0.05, 0.1) is 0 Å². The molecule has 0 atom stereocenters. The second-order valence-corrected chi connectivity index (χ2v) is 1.88. The van der Waals surface area contributed by atoms with E-state index in [4.69, 9.17) is 0 Å². The zero-order valence-corrected chi connectivity index (χ0v) is 4.69. The lowest BCUT2D eigenvalue weighted by molar-refractivity contribution is 0.390. The predicted octanol–water partition coefficient (Wildman–Crippen LogP) is 1.42. The average molecular weight is 97.1 g/mol. The van der Waals surface area contributed by atoms with E-state index in [9.17, 15) is 5.11 Å². The molecule has 0 bridgehead atoms. The van der Waals surface area contributed by atoms with E-state index in [1.165, 1.54) is 0 Å². The van der Waals surface area contributed by atoms with Gasteiger partial charge in [-0.1, -0.05) is 19.8 Å². The van der Waals surface area contributed by atoms with Crippen molar-refractivity contribution >= 4 is 0 Å². The first kappa shape index (κ1) is 6.36. The van der Waals surface area contributed by atoms with Crippen molar-refractivity contribution in [1.82, 2.24) is 0 Å². The summed E-state index contributed by atoms with van der Waals surface area (Å²) in [5.41, 5.74) is 0. The maximum Gasteiger partial charge on any atom is 0.172 e. The molecule has 0 spiro atoms. The molecule has 0 unspecified atom stereocenters. The van der Waals surface area contributed by atoms with Crippen LogP contribution in [0, 0.1) is 17.9 Å². The molecule has 0 aliphatic rings. The summed E-state index contributed by atoms with van der Waals surface area (Å²) in [6.07, 6.45) is 2.32. The van der Waals surface area contributed by atoms with E-state index in [2.05, 4.69) is 5.92 Å². The van der Waals surface area contributed by atoms with E-state index in [0.29, 0.717) is 5.92 Å². The molecule has 7 heavy (non-hydrogen) atoms. The number of hydrogen-bond donors (Lipinski definition) is 0. The lowest BCUT2D eigenvalue weighted by atomic mass is 10.1. The van der Waals surface area contributed by atoms with Gasteiger partial charge in [0, 0.05) is 6.42 Å². The Morgan fingerprint density at radius 2 is 2.14 bits per heavy atom. The number of hydrogen-bond acceptors (Lipinski definition) is 0. The van der Waals surface area contributed by atoms with E-state index in [1.54, 1.807) is 6.11 Å². The first-order valence-electron chi connectivity index (χ1n) is 2.37. The molecule has 1 radical (unpaired) electrons. The first-order valence-corrected chi connectivity index (χ1v) is 2.37. The Labute approximate surface area is 44.4 Å². The molecule has 0 aromatic carbocycles. The van der Waals surface area contributed by atoms with Crippen molar-refractivity contribution in [3.05, 3.63) is 0 Å². The van der Waals surface area contributed by atoms with Gasteiger partial charge in [-0.2, -0.15) is 0 Å². The van der Waals surface area contributed by atoms with Crippen molar-refractivity contribution in [1.29, 1.82) is 0 Å². The molecule has 0 aromatic heterocycles. The van der Waals surface area contributed by atoms with Gasteiger partial charge < -0.3 is 0 Å². The van der Waals surface area contributed by atoms with E-state index < -0.39 is 0 Å². The molecule has 0 saturated carbocycles. The lowest BCUT2D eigenvalue weighted by Gasteiger charge is -1.90. The van der Waals surface area contributed by atoms with Crippen LogP contribution in [-0.4, -0.2) is 0 Å². The molecular weight excluding hydrogens is 88.1 g/mol. The van der Waals surface area contributed by atoms with Gasteiger partial charge in [-0.3, -0.25) is 0 Å². The molecule has 1 heteroatoms. The minimum Gasteiger partial charge on any atom is -0.224 e. The minimum absolute atomic E-state index is 0.529. The maximum atomic E-state index is 9.47. The number of rotatable bonds is 1. The van der Waals surface area contributed by atoms with E-state index in [0.717, 1.165) is 6.42 Å². The van der Waals surface area contributed by atoms with Crippen LogP contribution in [0.3, 0.4) is 0 Å². The van der Waals surface area contributed by atoms with Crippen molar-refractivity contribution in [3.8, 4) is 12.0 Å². The van der Waals surface area contributed by atoms with Gasteiger partial charge in [-0.05, 0) is 5.92 Å². The molecule has 0 aliphatic heterocycles. The zero-order chi connectivity index (χ0) is 5.70. The molecule has 0 amide bonds. The Balaban J connectivity index is 3.08. The Bertz CT molecular complexity index is 84.1. The van der Waals surface area contributed by atoms with Gasteiger partial charge in [0.2, 0.25) is 0 Å². The molecule has 0 rings (SSSR count). The highest BCUT2D eigenvalue weighted by atomic mass is 16.2. The highest BCUT2D eigenvalue weighted by Gasteiger charge is 1.84. The van der Waals surface area contributed by atoms with Crippen LogP contribution in [0.2, 0.25) is 0 Å². The van der Waals surface area contributed by atoms with Crippen LogP contribution in [0.4, 0.5) is 0 Å². The van der Waals surface area contributed by atoms with Crippen molar-refractivity contribution in [2.45, 2.75) is 20.3 Å². The van der Waals surface area contributed by atoms with Crippen molar-refractivity contribution in [2.75, 3.05) is 0 Å². The van der Waals surface area contributed by atoms with Crippen LogP contribution in [0.25, 0.3) is 0 Å². The first-order chi connectivity index (χ1) is 3.27. The summed E-state index contributed by atoms with van der Waals surface area (Å²) in [6.45, 7) is 4.06. The van der Waals surface area contributed by atoms with Gasteiger partial charge in [0.1, 0.15) is 0 Å². The quantitative estimate of drug-likeness (QED) is 0.441. The van der Waals surface area contributed by atoms with Crippen molar-refractivity contribution in [2.24, 2.45) is 5.92 Å². The van der Waals surface area contributed by atoms with E-state index in [1.807, 2.05) is 13.8 Å². The molecule has 0 saturated heterocycles. The molecule has 0 N–H and O–H groups in total. The Morgan fingerprint density at radius 3 is 2.29 bits per heavy atom. The Kier molecular flexibility index (Phi) is 3.22. The van der Waals surface area contributed by atoms with E-state index in [-0.39, 0.29) is 0 Å². The third kappa shape index (κ3) is 5.36. The van der Waals surface area contributed by atoms with Crippen LogP contribution in [0.1, 0.15) is 20.3 Å². The van der Waals surface area contributed by atoms with Gasteiger partial charge in [0.25, 0.3) is 0 Å². The molecule has 0 aliphatic carbocycles. The van der Waals surface area contributed by atoms with Crippen LogP contribution in [-0.2, 0) is 5.11 Å². The van der Waals surface area contributed by atoms with Crippen molar-refractivity contribution in [3.63, 3.8) is 0 Å². The van der Waals surface area contributed by atoms with Crippen LogP contribution in [0.5, 0.6) is 0 Å². The Morgan fingerprint density at radius 1 is 1.57 bits per heavy atom. The summed E-state index contributed by atoms with van der Waals surface area (Å²) in [7, 11) is 0. The molecule has 0 heterocycles. The maximum absolute atomic E-state index is 9.47. The summed E-state index contributed by atoms with van der Waals surface area (Å²) in [5.74, 6) is 2.97. The molecule has 0 aromatic rings. The fourth-order valence-corrected chi connectivity index (χ4v) is 0.246. The second-order valence-electron chi connectivity index (χ2n) is 1.88. The fraction of sp³-hybridized carbons (Fsp3) is 0.667. The summed E-state index contributed by atoms with van der Waals surface area (Å²) in [5, 5.41) is 9.47. The average Bonchev–Trinajstić information content (AvgIpc) is 1.61. The van der Waals surface area contributed by atoms with Gasteiger partial charge in [-0.25, -0.2) is 5.11 Å². The van der Waals surface area contributed by atoms with Gasteiger partial charge in [-0.15, -0.1) is 0 Å². The summed E-state index contributed by atoms with van der Waals surface area (Å²) in [6, 6.07) is 0. The second kappa shape index (κ2) is 3.55. The summed E-state index contributed by atoms with van der Waals surface area (Å²) < 4.78 is 0. The van der Waals surface area contributed by atoms with Gasteiger partial charge in [0.15, 0.2) is 6.11 Å². The summed E-state index contributed by atoms with van der Waals surface area (Å²) in [4.78, 5) is 0. The standard InChI is InChI=1S/C6H9O/c1-6(2)4-3-5-7/h6H,4H2,1-2H3. The van der Waals surface area contributed by atoms with Gasteiger partial charge >= 0.3 is 0 Å². The van der Waals surface area contributed by atoms with Crippen LogP contribution < -0.4 is 0 Å². The largest absolute Gasteiger partial charge is 0.224 e. The monoisotopic (exact) mass is 97.1 g/mol. The molecule has 39 valence electrons. The summed E-state index contributed by atoms with van der Waals surface area (Å²) >= 11 is 0. The van der Waals surface area contributed by atoms with Crippen LogP contribution >= 0.6 is 0 Å². The topological polar surface area (TPSA) is 19.9 Å². The Hall–Kier alpha value is -0.640. The highest BCUT2D eigenvalue weighted by Crippen LogP contribution is 1.94. The van der Waals surface area contributed by atoms with E-state index >= 15 is 0 Å². The lowest BCUT2D eigenvalue weighted by Crippen LogP contribution is -1.80. The van der Waals surface area contributed by atoms with Crippen molar-refractivity contribution < 1.29 is 5.11 Å². The minimum atomic E-state index is 0.529. The molecule has 1 nitrogen and oxygen atoms in total. The fourth-order valence-electron chi connectivity index (χ4n) is 0.246. The van der Waals surface area contributed by atoms with Crippen LogP contribution in [0.15, 0.2) is 0 Å². The molecule has 0 fully saturated rings. The third-order valence-electron chi connectivity index (χ3n) is 0.582. The smallest absolute Gasteiger partial charge is 0.172 e. The third-order valence-corrected chi connectivity index (χ3v) is 0.582. The normalized spacial score (nSPS) is 7.86. The SMILES string of the molecule is CC(C)CC#C[O]. The zero-order valence-electron chi connectivity index (χ0n) is 4.69. The molecular formula is C6H9O. The predicted molar refractivity (Wildman–Crippen MR) is 27.9 cm³/mol.